The Morgan fingerprint density at radius 2 is 2.36 bits per heavy atom. The zero-order valence-electron chi connectivity index (χ0n) is 7.20. The Bertz CT molecular complexity index is 235. The van der Waals surface area contributed by atoms with Gasteiger partial charge in [-0.05, 0) is 5.92 Å². The van der Waals surface area contributed by atoms with Crippen molar-refractivity contribution in [2.75, 3.05) is 0 Å². The normalized spacial score (nSPS) is 10.5. The molecule has 60 valence electrons. The average Bonchev–Trinajstić information content (AvgIpc) is 2.34. The summed E-state index contributed by atoms with van der Waals surface area (Å²) in [6.45, 7) is 9.16. The highest BCUT2D eigenvalue weighted by atomic mass is 15.1. The second-order valence-corrected chi connectivity index (χ2v) is 3.13. The van der Waals surface area contributed by atoms with E-state index in [9.17, 15) is 0 Å². The van der Waals surface area contributed by atoms with Gasteiger partial charge in [0.2, 0.25) is 6.33 Å². The lowest BCUT2D eigenvalue weighted by Crippen LogP contribution is -2.33. The van der Waals surface area contributed by atoms with E-state index in [1.165, 1.54) is 0 Å². The number of rotatable bonds is 3. The smallest absolute Gasteiger partial charge is 0.236 e. The lowest BCUT2D eigenvalue weighted by molar-refractivity contribution is -0.701. The van der Waals surface area contributed by atoms with E-state index in [0.29, 0.717) is 5.92 Å². The van der Waals surface area contributed by atoms with Crippen molar-refractivity contribution in [3.05, 3.63) is 25.3 Å². The topological polar surface area (TPSA) is 8.81 Å². The van der Waals surface area contributed by atoms with Crippen molar-refractivity contribution < 1.29 is 4.57 Å². The van der Waals surface area contributed by atoms with Gasteiger partial charge in [-0.3, -0.25) is 0 Å². The van der Waals surface area contributed by atoms with E-state index in [1.807, 2.05) is 17.1 Å². The van der Waals surface area contributed by atoms with Crippen molar-refractivity contribution in [3.63, 3.8) is 0 Å². The van der Waals surface area contributed by atoms with Crippen LogP contribution in [0.1, 0.15) is 13.8 Å². The summed E-state index contributed by atoms with van der Waals surface area (Å²) >= 11 is 0. The van der Waals surface area contributed by atoms with Gasteiger partial charge in [0.15, 0.2) is 0 Å². The third-order valence-electron chi connectivity index (χ3n) is 1.50. The maximum Gasteiger partial charge on any atom is 0.248 e. The molecule has 0 aliphatic carbocycles. The van der Waals surface area contributed by atoms with Crippen LogP contribution in [-0.4, -0.2) is 4.57 Å². The number of hydrogen-bond donors (Lipinski definition) is 0. The van der Waals surface area contributed by atoms with Crippen molar-refractivity contribution in [1.82, 2.24) is 4.57 Å². The van der Waals surface area contributed by atoms with Crippen molar-refractivity contribution in [2.45, 2.75) is 20.4 Å². The van der Waals surface area contributed by atoms with E-state index in [4.69, 9.17) is 0 Å². The molecule has 0 radical (unpaired) electrons. The summed E-state index contributed by atoms with van der Waals surface area (Å²) in [5, 5.41) is 0. The van der Waals surface area contributed by atoms with E-state index in [-0.39, 0.29) is 0 Å². The molecule has 0 bridgehead atoms. The molecule has 1 aromatic heterocycles. The third kappa shape index (κ3) is 2.22. The standard InChI is InChI=1S/C9H15N2/c1-4-10-5-6-11(8-10)7-9(2)3/h4-6,8-9H,1,7H2,2-3H3/q+1. The molecule has 0 aromatic carbocycles. The summed E-state index contributed by atoms with van der Waals surface area (Å²) in [5.41, 5.74) is 0. The Kier molecular flexibility index (Phi) is 2.47. The molecule has 0 amide bonds. The summed E-state index contributed by atoms with van der Waals surface area (Å²) in [7, 11) is 0. The molecule has 0 spiro atoms. The average molecular weight is 151 g/mol. The highest BCUT2D eigenvalue weighted by molar-refractivity contribution is 5.12. The van der Waals surface area contributed by atoms with Crippen LogP contribution >= 0.6 is 0 Å². The molecule has 0 saturated heterocycles. The summed E-state index contributed by atoms with van der Waals surface area (Å²) < 4.78 is 4.11. The molecule has 1 aromatic rings. The minimum Gasteiger partial charge on any atom is -0.236 e. The Balaban J connectivity index is 2.65. The minimum absolute atomic E-state index is 0.695. The van der Waals surface area contributed by atoms with Gasteiger partial charge in [0, 0.05) is 0 Å². The van der Waals surface area contributed by atoms with Gasteiger partial charge in [-0.1, -0.05) is 20.4 Å². The van der Waals surface area contributed by atoms with E-state index in [1.54, 1.807) is 6.20 Å². The quantitative estimate of drug-likeness (QED) is 0.579. The van der Waals surface area contributed by atoms with E-state index in [0.717, 1.165) is 6.54 Å². The summed E-state index contributed by atoms with van der Waals surface area (Å²) in [6.07, 6.45) is 7.88. The van der Waals surface area contributed by atoms with Crippen LogP contribution in [0.5, 0.6) is 0 Å². The van der Waals surface area contributed by atoms with Gasteiger partial charge in [0.25, 0.3) is 0 Å². The second kappa shape index (κ2) is 3.37. The molecule has 1 rings (SSSR count). The summed E-state index contributed by atoms with van der Waals surface area (Å²) in [5.74, 6) is 0.695. The predicted octanol–water partition coefficient (Wildman–Crippen LogP) is 1.53. The van der Waals surface area contributed by atoms with E-state index in [2.05, 4.69) is 31.2 Å². The first kappa shape index (κ1) is 8.05. The highest BCUT2D eigenvalue weighted by Crippen LogP contribution is 1.91. The SMILES string of the molecule is C=Cn1cc[n+](CC(C)C)c1. The van der Waals surface area contributed by atoms with Gasteiger partial charge in [-0.15, -0.1) is 0 Å². The monoisotopic (exact) mass is 151 g/mol. The number of nitrogens with zero attached hydrogens (tertiary/aromatic N) is 2. The number of aromatic nitrogens is 2. The summed E-state index contributed by atoms with van der Waals surface area (Å²) in [4.78, 5) is 0. The van der Waals surface area contributed by atoms with Crippen molar-refractivity contribution in [3.8, 4) is 0 Å². The van der Waals surface area contributed by atoms with Crippen LogP contribution in [0.4, 0.5) is 0 Å². The predicted molar refractivity (Wildman–Crippen MR) is 45.9 cm³/mol. The maximum atomic E-state index is 3.67. The first-order chi connectivity index (χ1) is 5.22. The Morgan fingerprint density at radius 3 is 2.82 bits per heavy atom. The van der Waals surface area contributed by atoms with Crippen LogP contribution in [0, 0.1) is 5.92 Å². The zero-order valence-corrected chi connectivity index (χ0v) is 7.20. The van der Waals surface area contributed by atoms with Crippen LogP contribution in [0.3, 0.4) is 0 Å². The van der Waals surface area contributed by atoms with Crippen LogP contribution < -0.4 is 4.57 Å². The maximum absolute atomic E-state index is 3.67. The van der Waals surface area contributed by atoms with Gasteiger partial charge in [-0.25, -0.2) is 9.13 Å². The Labute approximate surface area is 67.8 Å². The van der Waals surface area contributed by atoms with Gasteiger partial charge in [-0.2, -0.15) is 0 Å². The van der Waals surface area contributed by atoms with Crippen molar-refractivity contribution in [1.29, 1.82) is 0 Å². The van der Waals surface area contributed by atoms with Crippen LogP contribution in [0.2, 0.25) is 0 Å². The molecule has 0 aliphatic heterocycles. The van der Waals surface area contributed by atoms with Gasteiger partial charge in [0.1, 0.15) is 12.4 Å². The van der Waals surface area contributed by atoms with E-state index < -0.39 is 0 Å². The van der Waals surface area contributed by atoms with Crippen molar-refractivity contribution >= 4 is 6.20 Å². The molecule has 0 N–H and O–H groups in total. The molecular weight excluding hydrogens is 136 g/mol. The fourth-order valence-corrected chi connectivity index (χ4v) is 1.05. The van der Waals surface area contributed by atoms with Crippen LogP contribution in [0.15, 0.2) is 25.3 Å². The third-order valence-corrected chi connectivity index (χ3v) is 1.50. The van der Waals surface area contributed by atoms with Gasteiger partial charge >= 0.3 is 0 Å². The van der Waals surface area contributed by atoms with E-state index >= 15 is 0 Å². The first-order valence-electron chi connectivity index (χ1n) is 3.91. The first-order valence-corrected chi connectivity index (χ1v) is 3.91. The lowest BCUT2D eigenvalue weighted by Gasteiger charge is -1.97. The Morgan fingerprint density at radius 1 is 1.64 bits per heavy atom. The molecule has 1 heterocycles. The minimum atomic E-state index is 0.695. The molecule has 11 heavy (non-hydrogen) atoms. The second-order valence-electron chi connectivity index (χ2n) is 3.13. The van der Waals surface area contributed by atoms with Crippen molar-refractivity contribution in [2.24, 2.45) is 5.92 Å². The molecule has 2 heteroatoms. The van der Waals surface area contributed by atoms with Gasteiger partial charge < -0.3 is 0 Å². The molecule has 0 aliphatic rings. The molecule has 0 saturated carbocycles. The fraction of sp³-hybridized carbons (Fsp3) is 0.444. The number of hydrogen-bond acceptors (Lipinski definition) is 0. The number of imidazole rings is 1. The van der Waals surface area contributed by atoms with Crippen LogP contribution in [-0.2, 0) is 6.54 Å². The molecule has 0 atom stereocenters. The lowest BCUT2D eigenvalue weighted by atomic mass is 10.2. The Hall–Kier alpha value is -1.05. The van der Waals surface area contributed by atoms with Crippen LogP contribution in [0.25, 0.3) is 6.20 Å². The molecule has 2 nitrogen and oxygen atoms in total. The molecule has 0 fully saturated rings. The largest absolute Gasteiger partial charge is 0.248 e. The summed E-state index contributed by atoms with van der Waals surface area (Å²) in [6, 6.07) is 0. The fourth-order valence-electron chi connectivity index (χ4n) is 1.05. The van der Waals surface area contributed by atoms with Gasteiger partial charge in [0.05, 0.1) is 12.7 Å². The highest BCUT2D eigenvalue weighted by Gasteiger charge is 2.02. The molecular formula is C9H15N2+. The molecule has 0 unspecified atom stereocenters. The zero-order chi connectivity index (χ0) is 8.27.